The number of aryl methyl sites for hydroxylation is 1. The zero-order valence-electron chi connectivity index (χ0n) is 9.30. The smallest absolute Gasteiger partial charge is 0.212 e. The fourth-order valence-corrected chi connectivity index (χ4v) is 1.54. The van der Waals surface area contributed by atoms with Gasteiger partial charge in [0.15, 0.2) is 5.76 Å². The molecular formula is C12H10ClF2NO. The summed E-state index contributed by atoms with van der Waals surface area (Å²) in [6.45, 7) is 3.25. The topological polar surface area (TPSA) is 26.0 Å². The molecule has 0 N–H and O–H groups in total. The van der Waals surface area contributed by atoms with Crippen LogP contribution in [-0.4, -0.2) is 4.98 Å². The molecule has 0 spiro atoms. The number of halogens is 3. The Kier molecular flexibility index (Phi) is 3.15. The Hall–Kier alpha value is -1.42. The van der Waals surface area contributed by atoms with Gasteiger partial charge in [0.1, 0.15) is 17.0 Å². The van der Waals surface area contributed by atoms with Crippen molar-refractivity contribution in [2.75, 3.05) is 0 Å². The summed E-state index contributed by atoms with van der Waals surface area (Å²) in [5, 5.41) is -0.395. The fourth-order valence-electron chi connectivity index (χ4n) is 1.44. The van der Waals surface area contributed by atoms with Crippen LogP contribution < -0.4 is 0 Å². The Morgan fingerprint density at radius 1 is 1.29 bits per heavy atom. The number of rotatable bonds is 2. The van der Waals surface area contributed by atoms with E-state index in [1.54, 1.807) is 13.8 Å². The zero-order valence-corrected chi connectivity index (χ0v) is 10.1. The maximum atomic E-state index is 13.6. The van der Waals surface area contributed by atoms with Crippen molar-refractivity contribution in [3.8, 4) is 11.3 Å². The minimum atomic E-state index is -0.682. The highest BCUT2D eigenvalue weighted by molar-refractivity contribution is 6.20. The largest absolute Gasteiger partial charge is 0.439 e. The van der Waals surface area contributed by atoms with Crippen molar-refractivity contribution < 1.29 is 13.2 Å². The molecule has 2 aromatic rings. The monoisotopic (exact) mass is 257 g/mol. The van der Waals surface area contributed by atoms with Crippen LogP contribution in [0.4, 0.5) is 8.78 Å². The SMILES string of the molecule is Cc1cc(-c2cnc(C(C)Cl)o2)c(F)cc1F. The van der Waals surface area contributed by atoms with Gasteiger partial charge in [0.25, 0.3) is 0 Å². The Morgan fingerprint density at radius 3 is 2.59 bits per heavy atom. The molecule has 1 aromatic carbocycles. The Bertz CT molecular complexity index is 551. The van der Waals surface area contributed by atoms with Crippen LogP contribution >= 0.6 is 11.6 Å². The highest BCUT2D eigenvalue weighted by Crippen LogP contribution is 2.28. The molecule has 0 aliphatic heterocycles. The molecule has 0 aliphatic rings. The molecule has 0 saturated carbocycles. The molecule has 2 nitrogen and oxygen atoms in total. The van der Waals surface area contributed by atoms with Crippen molar-refractivity contribution in [1.29, 1.82) is 0 Å². The van der Waals surface area contributed by atoms with Gasteiger partial charge in [-0.15, -0.1) is 11.6 Å². The number of aromatic nitrogens is 1. The lowest BCUT2D eigenvalue weighted by Crippen LogP contribution is -1.89. The van der Waals surface area contributed by atoms with E-state index in [2.05, 4.69) is 4.98 Å². The number of oxazole rings is 1. The molecule has 1 heterocycles. The summed E-state index contributed by atoms with van der Waals surface area (Å²) >= 11 is 5.79. The van der Waals surface area contributed by atoms with E-state index in [9.17, 15) is 8.78 Å². The van der Waals surface area contributed by atoms with Crippen molar-refractivity contribution in [1.82, 2.24) is 4.98 Å². The molecule has 2 rings (SSSR count). The molecule has 0 saturated heterocycles. The molecular weight excluding hydrogens is 248 g/mol. The lowest BCUT2D eigenvalue weighted by atomic mass is 10.1. The molecule has 90 valence electrons. The van der Waals surface area contributed by atoms with Gasteiger partial charge in [-0.2, -0.15) is 0 Å². The first kappa shape index (κ1) is 12.0. The molecule has 0 amide bonds. The number of hydrogen-bond donors (Lipinski definition) is 0. The summed E-state index contributed by atoms with van der Waals surface area (Å²) in [4.78, 5) is 3.93. The van der Waals surface area contributed by atoms with Gasteiger partial charge >= 0.3 is 0 Å². The second kappa shape index (κ2) is 4.45. The van der Waals surface area contributed by atoms with E-state index in [1.165, 1.54) is 12.3 Å². The predicted octanol–water partition coefficient (Wildman–Crippen LogP) is 4.23. The third-order valence-electron chi connectivity index (χ3n) is 2.38. The number of nitrogens with zero attached hydrogens (tertiary/aromatic N) is 1. The van der Waals surface area contributed by atoms with Crippen LogP contribution in [0.3, 0.4) is 0 Å². The maximum Gasteiger partial charge on any atom is 0.212 e. The molecule has 0 radical (unpaired) electrons. The van der Waals surface area contributed by atoms with E-state index in [0.29, 0.717) is 11.5 Å². The van der Waals surface area contributed by atoms with Gasteiger partial charge in [-0.1, -0.05) is 0 Å². The summed E-state index contributed by atoms with van der Waals surface area (Å²) in [6.07, 6.45) is 1.38. The predicted molar refractivity (Wildman–Crippen MR) is 60.9 cm³/mol. The van der Waals surface area contributed by atoms with Crippen LogP contribution in [0, 0.1) is 18.6 Å². The van der Waals surface area contributed by atoms with Crippen LogP contribution in [0.1, 0.15) is 23.8 Å². The van der Waals surface area contributed by atoms with E-state index in [4.69, 9.17) is 16.0 Å². The summed E-state index contributed by atoms with van der Waals surface area (Å²) in [5.74, 6) is -0.717. The second-order valence-electron chi connectivity index (χ2n) is 3.76. The molecule has 1 aromatic heterocycles. The van der Waals surface area contributed by atoms with Crippen LogP contribution in [0.5, 0.6) is 0 Å². The third-order valence-corrected chi connectivity index (χ3v) is 2.56. The maximum absolute atomic E-state index is 13.6. The average Bonchev–Trinajstić information content (AvgIpc) is 2.72. The second-order valence-corrected chi connectivity index (χ2v) is 4.41. The number of benzene rings is 1. The van der Waals surface area contributed by atoms with Gasteiger partial charge in [-0.05, 0) is 25.5 Å². The first-order valence-electron chi connectivity index (χ1n) is 5.05. The Morgan fingerprint density at radius 2 is 2.00 bits per heavy atom. The highest BCUT2D eigenvalue weighted by atomic mass is 35.5. The van der Waals surface area contributed by atoms with E-state index in [-0.39, 0.29) is 11.3 Å². The summed E-state index contributed by atoms with van der Waals surface area (Å²) in [5.41, 5.74) is 0.526. The van der Waals surface area contributed by atoms with Gasteiger partial charge in [0, 0.05) is 6.07 Å². The van der Waals surface area contributed by atoms with Crippen LogP contribution in [0.15, 0.2) is 22.7 Å². The van der Waals surface area contributed by atoms with Crippen molar-refractivity contribution in [2.45, 2.75) is 19.2 Å². The minimum absolute atomic E-state index is 0.181. The minimum Gasteiger partial charge on any atom is -0.439 e. The van der Waals surface area contributed by atoms with Gasteiger partial charge < -0.3 is 4.42 Å². The van der Waals surface area contributed by atoms with Crippen LogP contribution in [-0.2, 0) is 0 Å². The molecule has 17 heavy (non-hydrogen) atoms. The molecule has 1 atom stereocenters. The van der Waals surface area contributed by atoms with Gasteiger partial charge in [0.05, 0.1) is 11.8 Å². The zero-order chi connectivity index (χ0) is 12.6. The molecule has 0 bridgehead atoms. The van der Waals surface area contributed by atoms with Crippen molar-refractivity contribution in [3.63, 3.8) is 0 Å². The first-order chi connectivity index (χ1) is 7.99. The van der Waals surface area contributed by atoms with Crippen molar-refractivity contribution in [2.24, 2.45) is 0 Å². The molecule has 1 unspecified atom stereocenters. The summed E-state index contributed by atoms with van der Waals surface area (Å²) in [7, 11) is 0. The fraction of sp³-hybridized carbons (Fsp3) is 0.250. The van der Waals surface area contributed by atoms with E-state index in [1.807, 2.05) is 0 Å². The number of alkyl halides is 1. The van der Waals surface area contributed by atoms with E-state index in [0.717, 1.165) is 6.07 Å². The normalized spacial score (nSPS) is 12.8. The van der Waals surface area contributed by atoms with Crippen LogP contribution in [0.2, 0.25) is 0 Å². The molecule has 5 heteroatoms. The van der Waals surface area contributed by atoms with E-state index >= 15 is 0 Å². The lowest BCUT2D eigenvalue weighted by Gasteiger charge is -2.02. The van der Waals surface area contributed by atoms with Gasteiger partial charge in [-0.3, -0.25) is 0 Å². The lowest BCUT2D eigenvalue weighted by molar-refractivity contribution is 0.502. The van der Waals surface area contributed by atoms with Gasteiger partial charge in [-0.25, -0.2) is 13.8 Å². The van der Waals surface area contributed by atoms with Crippen LogP contribution in [0.25, 0.3) is 11.3 Å². The molecule has 0 aliphatic carbocycles. The van der Waals surface area contributed by atoms with Gasteiger partial charge in [0.2, 0.25) is 5.89 Å². The van der Waals surface area contributed by atoms with Crippen molar-refractivity contribution in [3.05, 3.63) is 41.4 Å². The number of hydrogen-bond acceptors (Lipinski definition) is 2. The standard InChI is InChI=1S/C12H10ClF2NO/c1-6-3-8(10(15)4-9(6)14)11-5-16-12(17-11)7(2)13/h3-5,7H,1-2H3. The Labute approximate surface area is 102 Å². The average molecular weight is 258 g/mol. The third kappa shape index (κ3) is 2.31. The quantitative estimate of drug-likeness (QED) is 0.753. The highest BCUT2D eigenvalue weighted by Gasteiger charge is 2.15. The van der Waals surface area contributed by atoms with E-state index < -0.39 is 17.0 Å². The first-order valence-corrected chi connectivity index (χ1v) is 5.48. The van der Waals surface area contributed by atoms with Crippen molar-refractivity contribution >= 4 is 11.6 Å². The Balaban J connectivity index is 2.49. The summed E-state index contributed by atoms with van der Waals surface area (Å²) < 4.78 is 32.0. The molecule has 0 fully saturated rings. The summed E-state index contributed by atoms with van der Waals surface area (Å²) in [6, 6.07) is 2.21.